The minimum Gasteiger partial charge on any atom is -0.347 e. The van der Waals surface area contributed by atoms with Gasteiger partial charge in [0.25, 0.3) is 0 Å². The van der Waals surface area contributed by atoms with Gasteiger partial charge in [0.1, 0.15) is 0 Å². The van der Waals surface area contributed by atoms with Gasteiger partial charge in [0.05, 0.1) is 5.69 Å². The van der Waals surface area contributed by atoms with Crippen molar-refractivity contribution in [3.8, 4) is 0 Å². The van der Waals surface area contributed by atoms with Crippen molar-refractivity contribution in [1.82, 2.24) is 15.2 Å². The quantitative estimate of drug-likeness (QED) is 0.926. The first kappa shape index (κ1) is 16.7. The van der Waals surface area contributed by atoms with Crippen molar-refractivity contribution in [3.63, 3.8) is 0 Å². The number of hydrogen-bond donors (Lipinski definition) is 1. The first-order valence-electron chi connectivity index (χ1n) is 8.06. The van der Waals surface area contributed by atoms with E-state index in [1.807, 2.05) is 11.3 Å². The van der Waals surface area contributed by atoms with Crippen molar-refractivity contribution in [2.75, 3.05) is 38.1 Å². The molecule has 0 radical (unpaired) electrons. The van der Waals surface area contributed by atoms with Crippen LogP contribution in [0.5, 0.6) is 0 Å². The summed E-state index contributed by atoms with van der Waals surface area (Å²) >= 11 is 1.88. The number of aryl methyl sites for hydroxylation is 1. The minimum atomic E-state index is 0.153. The normalized spacial score (nSPS) is 18.0. The summed E-state index contributed by atoms with van der Waals surface area (Å²) in [5, 5.41) is 4.81. The molecule has 0 bridgehead atoms. The molecule has 21 heavy (non-hydrogen) atoms. The summed E-state index contributed by atoms with van der Waals surface area (Å²) in [6, 6.07) is 0. The van der Waals surface area contributed by atoms with Crippen molar-refractivity contribution in [3.05, 3.63) is 10.6 Å². The average molecular weight is 311 g/mol. The molecule has 1 aromatic heterocycles. The monoisotopic (exact) mass is 310 g/mol. The van der Waals surface area contributed by atoms with E-state index in [4.69, 9.17) is 4.98 Å². The lowest BCUT2D eigenvalue weighted by Crippen LogP contribution is -2.35. The molecule has 120 valence electrons. The van der Waals surface area contributed by atoms with Gasteiger partial charge < -0.3 is 15.1 Å². The van der Waals surface area contributed by atoms with Crippen molar-refractivity contribution < 1.29 is 0 Å². The Morgan fingerprint density at radius 3 is 2.62 bits per heavy atom. The van der Waals surface area contributed by atoms with Gasteiger partial charge in [-0.1, -0.05) is 6.92 Å². The first-order valence-corrected chi connectivity index (χ1v) is 8.88. The van der Waals surface area contributed by atoms with Crippen molar-refractivity contribution >= 4 is 16.5 Å². The Kier molecular flexibility index (Phi) is 5.63. The van der Waals surface area contributed by atoms with Gasteiger partial charge in [-0.3, -0.25) is 0 Å². The number of rotatable bonds is 4. The molecule has 1 aliphatic heterocycles. The molecular weight excluding hydrogens is 280 g/mol. The maximum absolute atomic E-state index is 4.91. The van der Waals surface area contributed by atoms with E-state index in [1.165, 1.54) is 28.7 Å². The molecule has 0 amide bonds. The number of nitrogens with one attached hydrogen (secondary N) is 1. The van der Waals surface area contributed by atoms with Crippen LogP contribution in [0.1, 0.15) is 44.7 Å². The summed E-state index contributed by atoms with van der Waals surface area (Å²) in [5.74, 6) is 0. The van der Waals surface area contributed by atoms with Crippen molar-refractivity contribution in [1.29, 1.82) is 0 Å². The largest absolute Gasteiger partial charge is 0.347 e. The Hall–Kier alpha value is -0.650. The Balaban J connectivity index is 2.08. The summed E-state index contributed by atoms with van der Waals surface area (Å²) in [4.78, 5) is 11.2. The third-order valence-electron chi connectivity index (χ3n) is 3.87. The zero-order valence-corrected chi connectivity index (χ0v) is 15.0. The lowest BCUT2D eigenvalue weighted by Gasteiger charge is -2.20. The maximum Gasteiger partial charge on any atom is 0.185 e. The molecule has 1 fully saturated rings. The highest BCUT2D eigenvalue weighted by Crippen LogP contribution is 2.28. The standard InChI is InChI=1S/C16H30N4S/c1-6-13-14(12-17-16(2,3)4)21-15(18-13)20-9-7-8-19(5)10-11-20/h17H,6-12H2,1-5H3. The van der Waals surface area contributed by atoms with Crippen molar-refractivity contribution in [2.24, 2.45) is 0 Å². The maximum atomic E-state index is 4.91. The Morgan fingerprint density at radius 1 is 1.19 bits per heavy atom. The van der Waals surface area contributed by atoms with Crippen LogP contribution < -0.4 is 10.2 Å². The highest BCUT2D eigenvalue weighted by atomic mass is 32.1. The molecule has 0 saturated carbocycles. The number of aromatic nitrogens is 1. The van der Waals surface area contributed by atoms with Crippen LogP contribution in [-0.2, 0) is 13.0 Å². The summed E-state index contributed by atoms with van der Waals surface area (Å²) < 4.78 is 0. The molecule has 0 aliphatic carbocycles. The van der Waals surface area contributed by atoms with E-state index in [-0.39, 0.29) is 5.54 Å². The van der Waals surface area contributed by atoms with E-state index in [9.17, 15) is 0 Å². The number of hydrogen-bond acceptors (Lipinski definition) is 5. The van der Waals surface area contributed by atoms with E-state index >= 15 is 0 Å². The number of nitrogens with zero attached hydrogens (tertiary/aromatic N) is 3. The smallest absolute Gasteiger partial charge is 0.185 e. The van der Waals surface area contributed by atoms with Crippen LogP contribution in [0.25, 0.3) is 0 Å². The molecule has 0 spiro atoms. The molecule has 5 heteroatoms. The summed E-state index contributed by atoms with van der Waals surface area (Å²) in [6.07, 6.45) is 2.25. The number of likely N-dealkylation sites (N-methyl/N-ethyl adjacent to an activating group) is 1. The average Bonchev–Trinajstić information content (AvgIpc) is 2.70. The van der Waals surface area contributed by atoms with Gasteiger partial charge in [-0.25, -0.2) is 4.98 Å². The van der Waals surface area contributed by atoms with E-state index in [0.29, 0.717) is 0 Å². The van der Waals surface area contributed by atoms with Crippen LogP contribution in [0.4, 0.5) is 5.13 Å². The number of anilines is 1. The SMILES string of the molecule is CCc1nc(N2CCCN(C)CC2)sc1CNC(C)(C)C. The fourth-order valence-electron chi connectivity index (χ4n) is 2.50. The minimum absolute atomic E-state index is 0.153. The molecule has 1 aromatic rings. The van der Waals surface area contributed by atoms with Gasteiger partial charge in [-0.2, -0.15) is 0 Å². The van der Waals surface area contributed by atoms with Gasteiger partial charge in [-0.15, -0.1) is 11.3 Å². The topological polar surface area (TPSA) is 31.4 Å². The summed E-state index contributed by atoms with van der Waals surface area (Å²) in [7, 11) is 2.21. The molecule has 4 nitrogen and oxygen atoms in total. The van der Waals surface area contributed by atoms with E-state index in [1.54, 1.807) is 0 Å². The molecule has 0 aromatic carbocycles. The van der Waals surface area contributed by atoms with Gasteiger partial charge >= 0.3 is 0 Å². The van der Waals surface area contributed by atoms with Crippen LogP contribution >= 0.6 is 11.3 Å². The fraction of sp³-hybridized carbons (Fsp3) is 0.812. The number of thiazole rings is 1. The fourth-order valence-corrected chi connectivity index (χ4v) is 3.64. The highest BCUT2D eigenvalue weighted by Gasteiger charge is 2.19. The first-order chi connectivity index (χ1) is 9.89. The lowest BCUT2D eigenvalue weighted by molar-refractivity contribution is 0.360. The second kappa shape index (κ2) is 7.07. The third-order valence-corrected chi connectivity index (χ3v) is 5.03. The van der Waals surface area contributed by atoms with E-state index < -0.39 is 0 Å². The predicted molar refractivity (Wildman–Crippen MR) is 92.4 cm³/mol. The molecule has 0 unspecified atom stereocenters. The van der Waals surface area contributed by atoms with Crippen LogP contribution in [0.15, 0.2) is 0 Å². The summed E-state index contributed by atoms with van der Waals surface area (Å²) in [6.45, 7) is 14.3. The van der Waals surface area contributed by atoms with Gasteiger partial charge in [-0.05, 0) is 47.2 Å². The second-order valence-electron chi connectivity index (χ2n) is 6.97. The van der Waals surface area contributed by atoms with Crippen LogP contribution in [0.2, 0.25) is 0 Å². The summed E-state index contributed by atoms with van der Waals surface area (Å²) in [5.41, 5.74) is 1.42. The molecule has 0 atom stereocenters. The molecule has 2 heterocycles. The van der Waals surface area contributed by atoms with E-state index in [2.05, 4.69) is 49.9 Å². The van der Waals surface area contributed by atoms with Gasteiger partial charge in [0.15, 0.2) is 5.13 Å². The molecular formula is C16H30N4S. The zero-order chi connectivity index (χ0) is 15.5. The van der Waals surface area contributed by atoms with Crippen LogP contribution in [-0.4, -0.2) is 48.6 Å². The third kappa shape index (κ3) is 4.94. The second-order valence-corrected chi connectivity index (χ2v) is 8.03. The van der Waals surface area contributed by atoms with Crippen LogP contribution in [0, 0.1) is 0 Å². The molecule has 1 aliphatic rings. The van der Waals surface area contributed by atoms with Crippen molar-refractivity contribution in [2.45, 2.75) is 52.6 Å². The molecule has 1 saturated heterocycles. The highest BCUT2D eigenvalue weighted by molar-refractivity contribution is 7.15. The molecule has 2 rings (SSSR count). The van der Waals surface area contributed by atoms with Gasteiger partial charge in [0.2, 0.25) is 0 Å². The Morgan fingerprint density at radius 2 is 1.95 bits per heavy atom. The van der Waals surface area contributed by atoms with E-state index in [0.717, 1.165) is 32.6 Å². The predicted octanol–water partition coefficient (Wildman–Crippen LogP) is 2.74. The Labute approximate surface area is 133 Å². The zero-order valence-electron chi connectivity index (χ0n) is 14.2. The Bertz CT molecular complexity index is 450. The lowest BCUT2D eigenvalue weighted by atomic mass is 10.1. The van der Waals surface area contributed by atoms with Crippen LogP contribution in [0.3, 0.4) is 0 Å². The molecule has 1 N–H and O–H groups in total. The van der Waals surface area contributed by atoms with Gasteiger partial charge in [0, 0.05) is 36.6 Å².